The molecule has 3 heteroatoms. The van der Waals surface area contributed by atoms with E-state index in [2.05, 4.69) is 72.2 Å². The van der Waals surface area contributed by atoms with Gasteiger partial charge in [-0.25, -0.2) is 0 Å². The van der Waals surface area contributed by atoms with Crippen molar-refractivity contribution >= 4 is 5.91 Å². The van der Waals surface area contributed by atoms with Crippen LogP contribution >= 0.6 is 0 Å². The summed E-state index contributed by atoms with van der Waals surface area (Å²) in [7, 11) is 0. The lowest BCUT2D eigenvalue weighted by Gasteiger charge is -2.34. The summed E-state index contributed by atoms with van der Waals surface area (Å²) in [6, 6.07) is 17.2. The van der Waals surface area contributed by atoms with Gasteiger partial charge in [0.15, 0.2) is 0 Å². The average Bonchev–Trinajstić information content (AvgIpc) is 3.14. The summed E-state index contributed by atoms with van der Waals surface area (Å²) in [5, 5.41) is 0. The molecular weight excluding hydrogens is 332 g/mol. The van der Waals surface area contributed by atoms with Crippen LogP contribution in [0.5, 0.6) is 0 Å². The lowest BCUT2D eigenvalue weighted by Crippen LogP contribution is -2.48. The fraction of sp³-hybridized carbons (Fsp3) is 0.417. The number of nitrogens with zero attached hydrogens (tertiary/aromatic N) is 2. The van der Waals surface area contributed by atoms with Crippen LogP contribution in [-0.4, -0.2) is 41.4 Å². The first-order chi connectivity index (χ1) is 13.1. The number of hydrogen-bond acceptors (Lipinski definition) is 2. The maximum absolute atomic E-state index is 13.2. The third kappa shape index (κ3) is 3.79. The normalized spacial score (nSPS) is 20.1. The van der Waals surface area contributed by atoms with Gasteiger partial charge in [0, 0.05) is 19.6 Å². The third-order valence-corrected chi connectivity index (χ3v) is 5.83. The van der Waals surface area contributed by atoms with Gasteiger partial charge < -0.3 is 4.90 Å². The van der Waals surface area contributed by atoms with Gasteiger partial charge in [-0.3, -0.25) is 9.69 Å². The van der Waals surface area contributed by atoms with E-state index < -0.39 is 0 Å². The minimum atomic E-state index is 0.0683. The Labute approximate surface area is 163 Å². The van der Waals surface area contributed by atoms with E-state index in [4.69, 9.17) is 0 Å². The molecule has 0 spiro atoms. The molecule has 1 amide bonds. The summed E-state index contributed by atoms with van der Waals surface area (Å²) in [6.07, 6.45) is 3.07. The van der Waals surface area contributed by atoms with Crippen molar-refractivity contribution in [2.75, 3.05) is 19.6 Å². The molecule has 0 aromatic heterocycles. The maximum Gasteiger partial charge on any atom is 0.240 e. The first kappa shape index (κ1) is 18.2. The van der Waals surface area contributed by atoms with E-state index in [0.717, 1.165) is 45.4 Å². The summed E-state index contributed by atoms with van der Waals surface area (Å²) in [5.74, 6) is 1.70. The van der Waals surface area contributed by atoms with Gasteiger partial charge in [-0.15, -0.1) is 0 Å². The molecule has 4 rings (SSSR count). The lowest BCUT2D eigenvalue weighted by atomic mass is 9.90. The van der Waals surface area contributed by atoms with Crippen LogP contribution in [0.25, 0.3) is 11.1 Å². The van der Waals surface area contributed by atoms with Gasteiger partial charge in [0.25, 0.3) is 0 Å². The first-order valence-corrected chi connectivity index (χ1v) is 10.1. The number of benzene rings is 2. The molecule has 0 N–H and O–H groups in total. The lowest BCUT2D eigenvalue weighted by molar-refractivity contribution is -0.136. The summed E-state index contributed by atoms with van der Waals surface area (Å²) < 4.78 is 0. The maximum atomic E-state index is 13.2. The summed E-state index contributed by atoms with van der Waals surface area (Å²) in [6.45, 7) is 7.87. The minimum Gasteiger partial charge on any atom is -0.337 e. The number of amides is 1. The summed E-state index contributed by atoms with van der Waals surface area (Å²) in [5.41, 5.74) is 5.30. The standard InChI is InChI=1S/C24H29N2O/c1-18(2)16-25-14-7-12-23(25)24(27)26-15-13-22-20(17-26)10-6-11-21(22)19-8-4-3-5-9-19/h3-6,8-11,23H,7,12-17H2,1-2H3/t23-/m0/s1. The fourth-order valence-electron chi connectivity index (χ4n) is 4.60. The Hall–Kier alpha value is -2.13. The van der Waals surface area contributed by atoms with Crippen LogP contribution in [0.2, 0.25) is 0 Å². The highest BCUT2D eigenvalue weighted by molar-refractivity contribution is 5.83. The molecule has 2 aliphatic rings. The van der Waals surface area contributed by atoms with E-state index in [-0.39, 0.29) is 6.04 Å². The zero-order valence-corrected chi connectivity index (χ0v) is 16.4. The van der Waals surface area contributed by atoms with Gasteiger partial charge in [-0.05, 0) is 54.0 Å². The molecule has 1 saturated heterocycles. The molecule has 0 saturated carbocycles. The Morgan fingerprint density at radius 1 is 1.04 bits per heavy atom. The van der Waals surface area contributed by atoms with Crippen molar-refractivity contribution in [2.24, 2.45) is 0 Å². The summed E-state index contributed by atoms with van der Waals surface area (Å²) >= 11 is 0. The molecule has 27 heavy (non-hydrogen) atoms. The van der Waals surface area contributed by atoms with Crippen LogP contribution < -0.4 is 0 Å². The van der Waals surface area contributed by atoms with Crippen LogP contribution in [0.3, 0.4) is 0 Å². The first-order valence-electron chi connectivity index (χ1n) is 10.1. The number of carbonyl (C=O) groups excluding carboxylic acids is 1. The predicted molar refractivity (Wildman–Crippen MR) is 110 cm³/mol. The van der Waals surface area contributed by atoms with Gasteiger partial charge in [0.05, 0.1) is 6.04 Å². The van der Waals surface area contributed by atoms with Gasteiger partial charge >= 0.3 is 0 Å². The second kappa shape index (κ2) is 7.85. The Bertz CT molecular complexity index is 799. The van der Waals surface area contributed by atoms with E-state index in [0.29, 0.717) is 5.91 Å². The van der Waals surface area contributed by atoms with Gasteiger partial charge in [-0.2, -0.15) is 0 Å². The molecule has 2 aliphatic heterocycles. The van der Waals surface area contributed by atoms with Gasteiger partial charge in [0.1, 0.15) is 0 Å². The molecule has 0 bridgehead atoms. The van der Waals surface area contributed by atoms with Crippen LogP contribution in [0, 0.1) is 5.92 Å². The van der Waals surface area contributed by atoms with Crippen LogP contribution in [0.4, 0.5) is 0 Å². The summed E-state index contributed by atoms with van der Waals surface area (Å²) in [4.78, 5) is 17.7. The zero-order valence-electron chi connectivity index (χ0n) is 16.4. The van der Waals surface area contributed by atoms with E-state index in [1.54, 1.807) is 0 Å². The second-order valence-corrected chi connectivity index (χ2v) is 8.15. The Kier molecular flexibility index (Phi) is 5.31. The van der Waals surface area contributed by atoms with Crippen LogP contribution in [-0.2, 0) is 17.8 Å². The van der Waals surface area contributed by atoms with E-state index in [1.807, 2.05) is 0 Å². The molecule has 3 nitrogen and oxygen atoms in total. The van der Waals surface area contributed by atoms with E-state index >= 15 is 0 Å². The molecule has 2 aromatic rings. The van der Waals surface area contributed by atoms with Crippen molar-refractivity contribution in [2.45, 2.75) is 45.7 Å². The molecular formula is C24H29N2O. The fourth-order valence-corrected chi connectivity index (χ4v) is 4.60. The van der Waals surface area contributed by atoms with Crippen molar-refractivity contribution in [3.8, 4) is 11.1 Å². The minimum absolute atomic E-state index is 0.0683. The largest absolute Gasteiger partial charge is 0.337 e. The second-order valence-electron chi connectivity index (χ2n) is 8.15. The average molecular weight is 362 g/mol. The molecule has 1 atom stereocenters. The molecule has 0 aliphatic carbocycles. The number of fused-ring (bicyclic) bond motifs is 1. The van der Waals surface area contributed by atoms with Gasteiger partial charge in [-0.1, -0.05) is 62.4 Å². The molecule has 141 valence electrons. The zero-order chi connectivity index (χ0) is 18.8. The highest BCUT2D eigenvalue weighted by atomic mass is 16.2. The third-order valence-electron chi connectivity index (χ3n) is 5.83. The van der Waals surface area contributed by atoms with Crippen molar-refractivity contribution in [3.63, 3.8) is 0 Å². The highest BCUT2D eigenvalue weighted by Gasteiger charge is 2.35. The Morgan fingerprint density at radius 2 is 1.85 bits per heavy atom. The van der Waals surface area contributed by atoms with E-state index in [1.165, 1.54) is 28.2 Å². The molecule has 1 fully saturated rings. The van der Waals surface area contributed by atoms with Crippen LogP contribution in [0.1, 0.15) is 37.8 Å². The van der Waals surface area contributed by atoms with Crippen molar-refractivity contribution in [1.29, 1.82) is 0 Å². The van der Waals surface area contributed by atoms with Crippen molar-refractivity contribution in [3.05, 3.63) is 65.6 Å². The monoisotopic (exact) mass is 361 g/mol. The number of hydrogen-bond donors (Lipinski definition) is 0. The van der Waals surface area contributed by atoms with E-state index in [9.17, 15) is 4.79 Å². The smallest absolute Gasteiger partial charge is 0.240 e. The molecule has 1 radical (unpaired) electrons. The number of likely N-dealkylation sites (tertiary alicyclic amines) is 1. The number of carbonyl (C=O) groups is 1. The topological polar surface area (TPSA) is 23.6 Å². The Balaban J connectivity index is 1.53. The van der Waals surface area contributed by atoms with Crippen molar-refractivity contribution < 1.29 is 4.79 Å². The SMILES string of the molecule is C[C](C)CN1CCC[C@H]1C(=O)N1CCc2c(cccc2-c2ccccc2)C1. The van der Waals surface area contributed by atoms with Gasteiger partial charge in [0.2, 0.25) is 5.91 Å². The molecule has 2 heterocycles. The highest BCUT2D eigenvalue weighted by Crippen LogP contribution is 2.31. The molecule has 0 unspecified atom stereocenters. The van der Waals surface area contributed by atoms with Crippen molar-refractivity contribution in [1.82, 2.24) is 9.80 Å². The van der Waals surface area contributed by atoms with Crippen LogP contribution in [0.15, 0.2) is 48.5 Å². The number of rotatable bonds is 4. The molecule has 2 aromatic carbocycles. The predicted octanol–water partition coefficient (Wildman–Crippen LogP) is 4.32. The Morgan fingerprint density at radius 3 is 2.63 bits per heavy atom. The quantitative estimate of drug-likeness (QED) is 0.810.